The minimum Gasteiger partial charge on any atom is -0.493 e. The summed E-state index contributed by atoms with van der Waals surface area (Å²) in [5, 5.41) is 0. The van der Waals surface area contributed by atoms with Crippen LogP contribution in [0.25, 0.3) is 0 Å². The Morgan fingerprint density at radius 3 is 2.00 bits per heavy atom. The summed E-state index contributed by atoms with van der Waals surface area (Å²) in [5.74, 6) is 4.71. The molecule has 2 heteroatoms. The molecule has 4 atom stereocenters. The highest BCUT2D eigenvalue weighted by Gasteiger charge is 2.35. The minimum atomic E-state index is -0.0864. The summed E-state index contributed by atoms with van der Waals surface area (Å²) in [5.41, 5.74) is 9.05. The quantitative estimate of drug-likeness (QED) is 0.127. The summed E-state index contributed by atoms with van der Waals surface area (Å²) in [7, 11) is 0. The minimum absolute atomic E-state index is 0.0197. The molecule has 0 spiro atoms. The Morgan fingerprint density at radius 2 is 1.37 bits per heavy atom. The number of ether oxygens (including phenoxy) is 2. The van der Waals surface area contributed by atoms with E-state index >= 15 is 0 Å². The van der Waals surface area contributed by atoms with Crippen molar-refractivity contribution < 1.29 is 9.47 Å². The molecule has 270 valence electrons. The number of aryl methyl sites for hydroxylation is 1. The van der Waals surface area contributed by atoms with Crippen molar-refractivity contribution >= 4 is 0 Å². The molecule has 0 saturated heterocycles. The molecule has 0 bridgehead atoms. The topological polar surface area (TPSA) is 18.5 Å². The van der Waals surface area contributed by atoms with Crippen molar-refractivity contribution in [2.24, 2.45) is 17.8 Å². The number of benzene rings is 3. The van der Waals surface area contributed by atoms with Crippen LogP contribution < -0.4 is 9.47 Å². The Kier molecular flexibility index (Phi) is 14.3. The van der Waals surface area contributed by atoms with Gasteiger partial charge < -0.3 is 9.47 Å². The van der Waals surface area contributed by atoms with E-state index in [9.17, 15) is 0 Å². The first-order valence-corrected chi connectivity index (χ1v) is 19.9. The Morgan fingerprint density at radius 1 is 0.755 bits per heavy atom. The predicted octanol–water partition coefficient (Wildman–Crippen LogP) is 13.4. The average Bonchev–Trinajstić information content (AvgIpc) is 3.06. The third kappa shape index (κ3) is 11.1. The van der Waals surface area contributed by atoms with Crippen LogP contribution in [-0.2, 0) is 18.3 Å². The van der Waals surface area contributed by atoms with E-state index in [1.54, 1.807) is 0 Å². The fourth-order valence-electron chi connectivity index (χ4n) is 8.19. The van der Waals surface area contributed by atoms with Gasteiger partial charge in [-0.05, 0) is 124 Å². The van der Waals surface area contributed by atoms with Gasteiger partial charge in [-0.1, -0.05) is 140 Å². The van der Waals surface area contributed by atoms with Crippen LogP contribution in [-0.4, -0.2) is 12.2 Å². The zero-order valence-corrected chi connectivity index (χ0v) is 33.1. The Labute approximate surface area is 301 Å². The van der Waals surface area contributed by atoms with Gasteiger partial charge in [-0.2, -0.15) is 0 Å². The summed E-state index contributed by atoms with van der Waals surface area (Å²) < 4.78 is 13.7. The molecule has 3 aromatic rings. The van der Waals surface area contributed by atoms with Gasteiger partial charge >= 0.3 is 0 Å². The Bertz CT molecular complexity index is 1440. The lowest BCUT2D eigenvalue weighted by Crippen LogP contribution is -2.37. The maximum Gasteiger partial charge on any atom is 0.127 e. The summed E-state index contributed by atoms with van der Waals surface area (Å²) in [6, 6.07) is 20.0. The lowest BCUT2D eigenvalue weighted by atomic mass is 9.75. The van der Waals surface area contributed by atoms with E-state index in [4.69, 9.17) is 9.47 Å². The van der Waals surface area contributed by atoms with Gasteiger partial charge in [0, 0.05) is 5.56 Å². The number of rotatable bonds is 19. The Balaban J connectivity index is 1.33. The van der Waals surface area contributed by atoms with Crippen molar-refractivity contribution in [2.75, 3.05) is 6.61 Å². The molecule has 49 heavy (non-hydrogen) atoms. The molecule has 1 heterocycles. The van der Waals surface area contributed by atoms with Crippen LogP contribution in [0.5, 0.6) is 11.5 Å². The van der Waals surface area contributed by atoms with Crippen molar-refractivity contribution in [1.29, 1.82) is 0 Å². The van der Waals surface area contributed by atoms with Gasteiger partial charge in [0.05, 0.1) is 6.61 Å². The van der Waals surface area contributed by atoms with Crippen LogP contribution in [0.15, 0.2) is 54.6 Å². The van der Waals surface area contributed by atoms with Gasteiger partial charge in [0.25, 0.3) is 0 Å². The van der Waals surface area contributed by atoms with E-state index in [1.165, 1.54) is 90.3 Å². The van der Waals surface area contributed by atoms with Crippen LogP contribution in [0.4, 0.5) is 0 Å². The first-order valence-electron chi connectivity index (χ1n) is 19.9. The van der Waals surface area contributed by atoms with Crippen LogP contribution >= 0.6 is 0 Å². The molecular weight excluding hydrogens is 597 g/mol. The highest BCUT2D eigenvalue weighted by atomic mass is 16.5. The van der Waals surface area contributed by atoms with E-state index in [0.29, 0.717) is 6.61 Å². The van der Waals surface area contributed by atoms with E-state index in [1.807, 2.05) is 0 Å². The van der Waals surface area contributed by atoms with Crippen LogP contribution in [0.3, 0.4) is 0 Å². The molecule has 0 N–H and O–H groups in total. The van der Waals surface area contributed by atoms with Crippen LogP contribution in [0.1, 0.15) is 151 Å². The number of hydrogen-bond acceptors (Lipinski definition) is 2. The summed E-state index contributed by atoms with van der Waals surface area (Å²) in [6.07, 6.45) is 16.1. The third-order valence-electron chi connectivity index (χ3n) is 11.9. The van der Waals surface area contributed by atoms with Crippen molar-refractivity contribution in [2.45, 2.75) is 164 Å². The molecule has 1 aliphatic heterocycles. The summed E-state index contributed by atoms with van der Waals surface area (Å²) in [6.45, 7) is 23.9. The molecule has 4 rings (SSSR count). The number of fused-ring (bicyclic) bond motifs is 1. The first-order chi connectivity index (χ1) is 23.3. The molecule has 1 unspecified atom stereocenters. The molecule has 0 fully saturated rings. The fraction of sp³-hybridized carbons (Fsp3) is 0.617. The predicted molar refractivity (Wildman–Crippen MR) is 212 cm³/mol. The SMILES string of the molecule is Cc1ccc(C(C)(CCOc2c(C)c(C)c3c(c2C)CC[C@@](C)(CCC[C@H](C)CCC[C@H](C)CCCC(C)C)O3)Cc2ccccc2)cc1. The zero-order valence-electron chi connectivity index (χ0n) is 33.1. The monoisotopic (exact) mass is 667 g/mol. The molecule has 0 aliphatic carbocycles. The molecule has 0 radical (unpaired) electrons. The normalized spacial score (nSPS) is 18.4. The maximum atomic E-state index is 6.95. The number of hydrogen-bond donors (Lipinski definition) is 0. The summed E-state index contributed by atoms with van der Waals surface area (Å²) >= 11 is 0. The van der Waals surface area contributed by atoms with Gasteiger partial charge in [0.1, 0.15) is 17.1 Å². The van der Waals surface area contributed by atoms with Crippen molar-refractivity contribution in [3.05, 3.63) is 93.5 Å². The molecule has 1 aliphatic rings. The lowest BCUT2D eigenvalue weighted by Gasteiger charge is -2.38. The van der Waals surface area contributed by atoms with E-state index in [2.05, 4.69) is 124 Å². The molecule has 0 saturated carbocycles. The van der Waals surface area contributed by atoms with Crippen molar-refractivity contribution in [1.82, 2.24) is 0 Å². The molecule has 2 nitrogen and oxygen atoms in total. The summed E-state index contributed by atoms with van der Waals surface area (Å²) in [4.78, 5) is 0. The van der Waals surface area contributed by atoms with Crippen molar-refractivity contribution in [3.8, 4) is 11.5 Å². The molecule has 0 amide bonds. The molecule has 3 aromatic carbocycles. The van der Waals surface area contributed by atoms with Gasteiger partial charge in [-0.3, -0.25) is 0 Å². The highest BCUT2D eigenvalue weighted by molar-refractivity contribution is 5.59. The van der Waals surface area contributed by atoms with E-state index in [-0.39, 0.29) is 11.0 Å². The van der Waals surface area contributed by atoms with Gasteiger partial charge in [0.15, 0.2) is 0 Å². The zero-order chi connectivity index (χ0) is 35.6. The second-order valence-electron chi connectivity index (χ2n) is 17.1. The van der Waals surface area contributed by atoms with Gasteiger partial charge in [-0.25, -0.2) is 0 Å². The first kappa shape index (κ1) is 39.1. The molecular formula is C47H70O2. The highest BCUT2D eigenvalue weighted by Crippen LogP contribution is 2.45. The van der Waals surface area contributed by atoms with Crippen molar-refractivity contribution in [3.63, 3.8) is 0 Å². The smallest absolute Gasteiger partial charge is 0.127 e. The van der Waals surface area contributed by atoms with Crippen LogP contribution in [0, 0.1) is 45.4 Å². The van der Waals surface area contributed by atoms with Gasteiger partial charge in [0.2, 0.25) is 0 Å². The van der Waals surface area contributed by atoms with Crippen LogP contribution in [0.2, 0.25) is 0 Å². The van der Waals surface area contributed by atoms with E-state index < -0.39 is 0 Å². The Hall–Kier alpha value is -2.74. The standard InChI is InChI=1S/C47H70O2/c1-34(2)17-14-18-35(3)19-15-20-36(4)21-16-29-47(10)30-28-43-40(8)44(38(6)39(7)45(43)49-47)48-32-31-46(9,33-41-22-12-11-13-23-41)42-26-24-37(5)25-27-42/h11-13,22-27,34-36H,14-21,28-33H2,1-10H3/t35-,36-,46?,47-/m1/s1. The van der Waals surface area contributed by atoms with Gasteiger partial charge in [-0.15, -0.1) is 0 Å². The lowest BCUT2D eigenvalue weighted by molar-refractivity contribution is 0.0511. The third-order valence-corrected chi connectivity index (χ3v) is 11.9. The average molecular weight is 667 g/mol. The second kappa shape index (κ2) is 18.0. The maximum absolute atomic E-state index is 6.95. The molecule has 0 aromatic heterocycles. The largest absolute Gasteiger partial charge is 0.493 e. The fourth-order valence-corrected chi connectivity index (χ4v) is 8.19. The van der Waals surface area contributed by atoms with E-state index in [0.717, 1.165) is 61.4 Å². The second-order valence-corrected chi connectivity index (χ2v) is 17.1.